The zero-order valence-corrected chi connectivity index (χ0v) is 13.0. The van der Waals surface area contributed by atoms with Crippen LogP contribution in [0.3, 0.4) is 0 Å². The Kier molecular flexibility index (Phi) is 5.57. The highest BCUT2D eigenvalue weighted by Gasteiger charge is 2.28. The van der Waals surface area contributed by atoms with Gasteiger partial charge in [-0.05, 0) is 25.5 Å². The highest BCUT2D eigenvalue weighted by Crippen LogP contribution is 2.22. The molecule has 1 atom stereocenters. The molecule has 0 unspecified atom stereocenters. The van der Waals surface area contributed by atoms with Gasteiger partial charge in [0.15, 0.2) is 11.6 Å². The predicted octanol–water partition coefficient (Wildman–Crippen LogP) is 3.41. The quantitative estimate of drug-likeness (QED) is 0.799. The van der Waals surface area contributed by atoms with Gasteiger partial charge in [-0.2, -0.15) is 0 Å². The van der Waals surface area contributed by atoms with Gasteiger partial charge < -0.3 is 14.5 Å². The number of rotatable bonds is 4. The van der Waals surface area contributed by atoms with E-state index in [4.69, 9.17) is 4.74 Å². The van der Waals surface area contributed by atoms with E-state index in [2.05, 4.69) is 0 Å². The lowest BCUT2D eigenvalue weighted by atomic mass is 10.1. The molecule has 0 saturated carbocycles. The molecular formula is C16H22F2N2O2. The van der Waals surface area contributed by atoms with Crippen molar-refractivity contribution in [1.82, 2.24) is 4.90 Å². The van der Waals surface area contributed by atoms with Crippen molar-refractivity contribution in [2.24, 2.45) is 0 Å². The van der Waals surface area contributed by atoms with Crippen molar-refractivity contribution in [3.8, 4) is 0 Å². The molecule has 0 aliphatic carbocycles. The number of amides is 1. The summed E-state index contributed by atoms with van der Waals surface area (Å²) in [4.78, 5) is 15.6. The first-order valence-electron chi connectivity index (χ1n) is 7.66. The van der Waals surface area contributed by atoms with Gasteiger partial charge in [0, 0.05) is 37.4 Å². The Hall–Kier alpha value is -1.85. The third kappa shape index (κ3) is 3.87. The fourth-order valence-corrected chi connectivity index (χ4v) is 2.53. The zero-order valence-electron chi connectivity index (χ0n) is 13.0. The number of carbonyl (C=O) groups excluding carboxylic acids is 1. The molecule has 6 heteroatoms. The van der Waals surface area contributed by atoms with Gasteiger partial charge >= 0.3 is 6.09 Å². The predicted molar refractivity (Wildman–Crippen MR) is 81.0 cm³/mol. The van der Waals surface area contributed by atoms with E-state index in [9.17, 15) is 13.6 Å². The minimum atomic E-state index is -0.855. The normalized spacial score (nSPS) is 18.5. The number of piperazine rings is 1. The number of hydrogen-bond donors (Lipinski definition) is 0. The fraction of sp³-hybridized carbons (Fsp3) is 0.562. The number of hydrogen-bond acceptors (Lipinski definition) is 3. The first kappa shape index (κ1) is 16.5. The number of carbonyl (C=O) groups is 1. The van der Waals surface area contributed by atoms with Gasteiger partial charge in [-0.1, -0.05) is 13.3 Å². The van der Waals surface area contributed by atoms with Crippen LogP contribution >= 0.6 is 0 Å². The molecule has 0 radical (unpaired) electrons. The van der Waals surface area contributed by atoms with E-state index in [-0.39, 0.29) is 12.1 Å². The number of anilines is 1. The van der Waals surface area contributed by atoms with Gasteiger partial charge in [0.25, 0.3) is 0 Å². The number of benzene rings is 1. The molecule has 1 aliphatic heterocycles. The average Bonchev–Trinajstić information content (AvgIpc) is 2.50. The van der Waals surface area contributed by atoms with Gasteiger partial charge in [0.2, 0.25) is 0 Å². The smallest absolute Gasteiger partial charge is 0.410 e. The van der Waals surface area contributed by atoms with E-state index in [0.29, 0.717) is 31.9 Å². The maximum absolute atomic E-state index is 13.3. The standard InChI is InChI=1S/C16H22F2N2O2/c1-3-4-9-22-16(21)20-8-7-19(11-12(20)2)13-5-6-14(17)15(18)10-13/h5-6,10,12H,3-4,7-9,11H2,1-2H3/t12-/m0/s1. The lowest BCUT2D eigenvalue weighted by molar-refractivity contribution is 0.0839. The van der Waals surface area contributed by atoms with Crippen LogP contribution in [-0.2, 0) is 4.74 Å². The lowest BCUT2D eigenvalue weighted by Crippen LogP contribution is -2.54. The third-order valence-corrected chi connectivity index (χ3v) is 3.85. The Balaban J connectivity index is 1.94. The van der Waals surface area contributed by atoms with E-state index in [1.54, 1.807) is 11.0 Å². The Labute approximate surface area is 129 Å². The minimum absolute atomic E-state index is 0.0454. The first-order chi connectivity index (χ1) is 10.5. The van der Waals surface area contributed by atoms with E-state index in [1.807, 2.05) is 18.7 Å². The molecule has 1 amide bonds. The fourth-order valence-electron chi connectivity index (χ4n) is 2.53. The number of unbranched alkanes of at least 4 members (excludes halogenated alkanes) is 1. The molecule has 2 rings (SSSR count). The van der Waals surface area contributed by atoms with Crippen molar-refractivity contribution in [2.75, 3.05) is 31.1 Å². The maximum atomic E-state index is 13.3. The Morgan fingerprint density at radius 2 is 2.09 bits per heavy atom. The SMILES string of the molecule is CCCCOC(=O)N1CCN(c2ccc(F)c(F)c2)C[C@@H]1C. The van der Waals surface area contributed by atoms with Crippen LogP contribution in [0.1, 0.15) is 26.7 Å². The molecule has 1 aromatic rings. The third-order valence-electron chi connectivity index (χ3n) is 3.85. The summed E-state index contributed by atoms with van der Waals surface area (Å²) in [6.07, 6.45) is 1.53. The molecular weight excluding hydrogens is 290 g/mol. The number of ether oxygens (including phenoxy) is 1. The summed E-state index contributed by atoms with van der Waals surface area (Å²) in [5.41, 5.74) is 0.629. The first-order valence-corrected chi connectivity index (χ1v) is 7.66. The van der Waals surface area contributed by atoms with Crippen molar-refractivity contribution in [3.63, 3.8) is 0 Å². The topological polar surface area (TPSA) is 32.8 Å². The summed E-state index contributed by atoms with van der Waals surface area (Å²) in [6.45, 7) is 6.03. The molecule has 22 heavy (non-hydrogen) atoms. The van der Waals surface area contributed by atoms with Crippen LogP contribution in [0.25, 0.3) is 0 Å². The molecule has 0 bridgehead atoms. The summed E-state index contributed by atoms with van der Waals surface area (Å²) in [7, 11) is 0. The monoisotopic (exact) mass is 312 g/mol. The highest BCUT2D eigenvalue weighted by molar-refractivity contribution is 5.68. The molecule has 1 aromatic carbocycles. The summed E-state index contributed by atoms with van der Waals surface area (Å²) in [5.74, 6) is -1.71. The molecule has 1 fully saturated rings. The Morgan fingerprint density at radius 1 is 1.32 bits per heavy atom. The van der Waals surface area contributed by atoms with Crippen LogP contribution in [0, 0.1) is 11.6 Å². The maximum Gasteiger partial charge on any atom is 0.410 e. The van der Waals surface area contributed by atoms with Crippen LogP contribution in [-0.4, -0.2) is 43.3 Å². The molecule has 1 aliphatic rings. The number of halogens is 2. The van der Waals surface area contributed by atoms with Crippen molar-refractivity contribution < 1.29 is 18.3 Å². The average molecular weight is 312 g/mol. The summed E-state index contributed by atoms with van der Waals surface area (Å²) >= 11 is 0. The number of nitrogens with zero attached hydrogens (tertiary/aromatic N) is 2. The highest BCUT2D eigenvalue weighted by atomic mass is 19.2. The van der Waals surface area contributed by atoms with Crippen molar-refractivity contribution in [1.29, 1.82) is 0 Å². The van der Waals surface area contributed by atoms with Crippen LogP contribution in [0.5, 0.6) is 0 Å². The van der Waals surface area contributed by atoms with Crippen LogP contribution in [0.4, 0.5) is 19.3 Å². The van der Waals surface area contributed by atoms with Crippen LogP contribution in [0.2, 0.25) is 0 Å². The van der Waals surface area contributed by atoms with E-state index in [1.165, 1.54) is 6.07 Å². The molecule has 0 N–H and O–H groups in total. The van der Waals surface area contributed by atoms with Crippen LogP contribution in [0.15, 0.2) is 18.2 Å². The lowest BCUT2D eigenvalue weighted by Gasteiger charge is -2.40. The van der Waals surface area contributed by atoms with Gasteiger partial charge in [0.05, 0.1) is 6.61 Å². The largest absolute Gasteiger partial charge is 0.449 e. The summed E-state index contributed by atoms with van der Waals surface area (Å²) < 4.78 is 31.5. The minimum Gasteiger partial charge on any atom is -0.449 e. The van der Waals surface area contributed by atoms with Gasteiger partial charge in [-0.15, -0.1) is 0 Å². The molecule has 0 spiro atoms. The molecule has 4 nitrogen and oxygen atoms in total. The molecule has 1 heterocycles. The van der Waals surface area contributed by atoms with Gasteiger partial charge in [-0.3, -0.25) is 0 Å². The molecule has 122 valence electrons. The van der Waals surface area contributed by atoms with E-state index < -0.39 is 11.6 Å². The van der Waals surface area contributed by atoms with Gasteiger partial charge in [-0.25, -0.2) is 13.6 Å². The van der Waals surface area contributed by atoms with E-state index in [0.717, 1.165) is 18.9 Å². The zero-order chi connectivity index (χ0) is 16.1. The Bertz CT molecular complexity index is 525. The van der Waals surface area contributed by atoms with Crippen molar-refractivity contribution in [3.05, 3.63) is 29.8 Å². The second-order valence-electron chi connectivity index (χ2n) is 5.55. The van der Waals surface area contributed by atoms with Crippen molar-refractivity contribution >= 4 is 11.8 Å². The van der Waals surface area contributed by atoms with Crippen LogP contribution < -0.4 is 4.90 Å². The second kappa shape index (κ2) is 7.42. The van der Waals surface area contributed by atoms with E-state index >= 15 is 0 Å². The molecule has 0 aromatic heterocycles. The summed E-state index contributed by atoms with van der Waals surface area (Å²) in [5, 5.41) is 0. The summed E-state index contributed by atoms with van der Waals surface area (Å²) in [6, 6.07) is 3.83. The van der Waals surface area contributed by atoms with Crippen molar-refractivity contribution in [2.45, 2.75) is 32.7 Å². The molecule has 1 saturated heterocycles. The Morgan fingerprint density at radius 3 is 2.73 bits per heavy atom. The second-order valence-corrected chi connectivity index (χ2v) is 5.55. The van der Waals surface area contributed by atoms with Gasteiger partial charge in [0.1, 0.15) is 0 Å².